The van der Waals surface area contributed by atoms with E-state index in [1.54, 1.807) is 0 Å². The maximum atomic E-state index is 3.32. The standard InChI is InChI=1S/C10H8.C5H9N.2H2/c1-2-6-10-8-4-3-7-9(10)5-1;1-4-2-6-3-5(1)4;;/h1-8H;4-6H,1-3H2;2*1H. The molecule has 4 rings (SSSR count). The number of rotatable bonds is 0. The van der Waals surface area contributed by atoms with Gasteiger partial charge in [0.15, 0.2) is 0 Å². The Labute approximate surface area is 99.5 Å². The summed E-state index contributed by atoms with van der Waals surface area (Å²) in [5, 5.41) is 5.94. The zero-order valence-electron chi connectivity index (χ0n) is 9.39. The SMILES string of the molecule is C1NCC2CC12.[HH].[HH].c1ccc2ccccc2c1. The van der Waals surface area contributed by atoms with Crippen molar-refractivity contribution in [3.63, 3.8) is 0 Å². The topological polar surface area (TPSA) is 12.0 Å². The molecule has 0 amide bonds. The van der Waals surface area contributed by atoms with Crippen molar-refractivity contribution in [2.24, 2.45) is 11.8 Å². The quantitative estimate of drug-likeness (QED) is 0.708. The van der Waals surface area contributed by atoms with Gasteiger partial charge in [-0.05, 0) is 42.1 Å². The summed E-state index contributed by atoms with van der Waals surface area (Å²) in [6.07, 6.45) is 1.52. The smallest absolute Gasteiger partial charge is 0 e. The van der Waals surface area contributed by atoms with Crippen molar-refractivity contribution in [1.29, 1.82) is 0 Å². The van der Waals surface area contributed by atoms with Gasteiger partial charge in [-0.25, -0.2) is 0 Å². The van der Waals surface area contributed by atoms with Gasteiger partial charge in [-0.15, -0.1) is 0 Å². The molecule has 2 unspecified atom stereocenters. The highest BCUT2D eigenvalue weighted by Crippen LogP contribution is 2.40. The lowest BCUT2D eigenvalue weighted by atomic mass is 10.1. The lowest BCUT2D eigenvalue weighted by Gasteiger charge is -1.92. The lowest BCUT2D eigenvalue weighted by Crippen LogP contribution is -2.10. The fourth-order valence-electron chi connectivity index (χ4n) is 2.40. The second kappa shape index (κ2) is 4.26. The van der Waals surface area contributed by atoms with E-state index < -0.39 is 0 Å². The maximum absolute atomic E-state index is 3.32. The molecule has 1 nitrogen and oxygen atoms in total. The van der Waals surface area contributed by atoms with Crippen molar-refractivity contribution in [3.05, 3.63) is 48.5 Å². The van der Waals surface area contributed by atoms with E-state index in [4.69, 9.17) is 0 Å². The number of hydrogen-bond acceptors (Lipinski definition) is 1. The largest absolute Gasteiger partial charge is 0.316 e. The molecule has 1 heteroatoms. The van der Waals surface area contributed by atoms with Crippen LogP contribution in [0.25, 0.3) is 10.8 Å². The van der Waals surface area contributed by atoms with Crippen molar-refractivity contribution in [2.75, 3.05) is 13.1 Å². The van der Waals surface area contributed by atoms with Crippen LogP contribution in [0.4, 0.5) is 0 Å². The van der Waals surface area contributed by atoms with Crippen LogP contribution >= 0.6 is 0 Å². The summed E-state index contributed by atoms with van der Waals surface area (Å²) < 4.78 is 0. The first kappa shape index (κ1) is 9.86. The molecule has 2 atom stereocenters. The molecule has 2 aromatic rings. The molecule has 2 aliphatic rings. The van der Waals surface area contributed by atoms with E-state index in [0.717, 1.165) is 11.8 Å². The monoisotopic (exact) mass is 215 g/mol. The molecule has 1 heterocycles. The number of nitrogens with one attached hydrogen (secondary N) is 1. The summed E-state index contributed by atoms with van der Waals surface area (Å²) in [6, 6.07) is 16.7. The normalized spacial score (nSPS) is 25.8. The van der Waals surface area contributed by atoms with Gasteiger partial charge >= 0.3 is 0 Å². The lowest BCUT2D eigenvalue weighted by molar-refractivity contribution is 0.732. The Kier molecular flexibility index (Phi) is 2.63. The molecular formula is C15H21N. The van der Waals surface area contributed by atoms with Crippen LogP contribution in [0.15, 0.2) is 48.5 Å². The molecule has 2 aromatic carbocycles. The Balaban J connectivity index is 0.000000176. The van der Waals surface area contributed by atoms with Crippen LogP contribution in [-0.4, -0.2) is 13.1 Å². The van der Waals surface area contributed by atoms with Crippen molar-refractivity contribution < 1.29 is 2.85 Å². The molecule has 0 radical (unpaired) electrons. The van der Waals surface area contributed by atoms with E-state index in [1.807, 2.05) is 0 Å². The zero-order chi connectivity index (χ0) is 10.8. The van der Waals surface area contributed by atoms with Crippen molar-refractivity contribution in [3.8, 4) is 0 Å². The highest BCUT2D eigenvalue weighted by Gasteiger charge is 2.40. The van der Waals surface area contributed by atoms with Gasteiger partial charge in [0.05, 0.1) is 0 Å². The van der Waals surface area contributed by atoms with E-state index >= 15 is 0 Å². The Morgan fingerprint density at radius 3 is 1.50 bits per heavy atom. The summed E-state index contributed by atoms with van der Waals surface area (Å²) in [7, 11) is 0. The Bertz CT molecular complexity index is 413. The fraction of sp³-hybridized carbons (Fsp3) is 0.333. The molecule has 0 spiro atoms. The number of hydrogen-bond donors (Lipinski definition) is 1. The average Bonchev–Trinajstić information content (AvgIpc) is 2.97. The van der Waals surface area contributed by atoms with Crippen LogP contribution in [0.2, 0.25) is 0 Å². The summed E-state index contributed by atoms with van der Waals surface area (Å²) in [4.78, 5) is 0. The number of fused-ring (bicyclic) bond motifs is 2. The number of benzene rings is 2. The molecule has 16 heavy (non-hydrogen) atoms. The predicted molar refractivity (Wildman–Crippen MR) is 72.6 cm³/mol. The first-order valence-corrected chi connectivity index (χ1v) is 6.08. The first-order chi connectivity index (χ1) is 7.93. The average molecular weight is 215 g/mol. The Morgan fingerprint density at radius 2 is 1.25 bits per heavy atom. The predicted octanol–water partition coefficient (Wildman–Crippen LogP) is 3.56. The van der Waals surface area contributed by atoms with E-state index in [2.05, 4.69) is 53.8 Å². The molecule has 86 valence electrons. The number of piperidine rings is 1. The van der Waals surface area contributed by atoms with Crippen LogP contribution in [0.3, 0.4) is 0 Å². The van der Waals surface area contributed by atoms with E-state index in [0.29, 0.717) is 0 Å². The minimum atomic E-state index is 0. The van der Waals surface area contributed by atoms with Gasteiger partial charge in [0.2, 0.25) is 0 Å². The molecule has 0 aromatic heterocycles. The van der Waals surface area contributed by atoms with Crippen LogP contribution < -0.4 is 5.32 Å². The second-order valence-electron chi connectivity index (χ2n) is 4.76. The fourth-order valence-corrected chi connectivity index (χ4v) is 2.40. The van der Waals surface area contributed by atoms with Gasteiger partial charge in [-0.2, -0.15) is 0 Å². The van der Waals surface area contributed by atoms with Crippen molar-refractivity contribution in [1.82, 2.24) is 5.32 Å². The molecule has 1 aliphatic heterocycles. The van der Waals surface area contributed by atoms with Crippen LogP contribution in [0.1, 0.15) is 9.27 Å². The maximum Gasteiger partial charge on any atom is 0 e. The van der Waals surface area contributed by atoms with E-state index in [1.165, 1.54) is 30.3 Å². The third-order valence-corrected chi connectivity index (χ3v) is 3.54. The van der Waals surface area contributed by atoms with Gasteiger partial charge in [0.25, 0.3) is 0 Å². The highest BCUT2D eigenvalue weighted by atomic mass is 14.9. The molecule has 1 aliphatic carbocycles. The summed E-state index contributed by atoms with van der Waals surface area (Å²) in [5.41, 5.74) is 0. The molecular weight excluding hydrogens is 194 g/mol. The van der Waals surface area contributed by atoms with Gasteiger partial charge in [0, 0.05) is 2.85 Å². The minimum Gasteiger partial charge on any atom is -0.316 e. The molecule has 2 fully saturated rings. The molecule has 1 N–H and O–H groups in total. The van der Waals surface area contributed by atoms with Gasteiger partial charge in [-0.1, -0.05) is 48.5 Å². The van der Waals surface area contributed by atoms with Gasteiger partial charge in [0.1, 0.15) is 0 Å². The highest BCUT2D eigenvalue weighted by molar-refractivity contribution is 5.81. The Morgan fingerprint density at radius 1 is 0.812 bits per heavy atom. The molecule has 1 saturated carbocycles. The van der Waals surface area contributed by atoms with Crippen LogP contribution in [0, 0.1) is 11.8 Å². The van der Waals surface area contributed by atoms with Crippen LogP contribution in [0.5, 0.6) is 0 Å². The van der Waals surface area contributed by atoms with E-state index in [-0.39, 0.29) is 2.85 Å². The second-order valence-corrected chi connectivity index (χ2v) is 4.76. The third kappa shape index (κ3) is 2.10. The summed E-state index contributed by atoms with van der Waals surface area (Å²) >= 11 is 0. The molecule has 0 bridgehead atoms. The van der Waals surface area contributed by atoms with Crippen LogP contribution in [-0.2, 0) is 0 Å². The van der Waals surface area contributed by atoms with E-state index in [9.17, 15) is 0 Å². The summed E-state index contributed by atoms with van der Waals surface area (Å²) in [6.45, 7) is 2.62. The zero-order valence-corrected chi connectivity index (χ0v) is 9.39. The Hall–Kier alpha value is -1.34. The summed E-state index contributed by atoms with van der Waals surface area (Å²) in [5.74, 6) is 2.20. The van der Waals surface area contributed by atoms with Gasteiger partial charge < -0.3 is 5.32 Å². The molecule has 1 saturated heterocycles. The van der Waals surface area contributed by atoms with Crippen molar-refractivity contribution >= 4 is 10.8 Å². The first-order valence-electron chi connectivity index (χ1n) is 6.08. The third-order valence-electron chi connectivity index (χ3n) is 3.54. The van der Waals surface area contributed by atoms with Crippen molar-refractivity contribution in [2.45, 2.75) is 6.42 Å². The minimum absolute atomic E-state index is 0. The van der Waals surface area contributed by atoms with Gasteiger partial charge in [-0.3, -0.25) is 0 Å².